The summed E-state index contributed by atoms with van der Waals surface area (Å²) < 4.78 is 15.4. The Labute approximate surface area is 146 Å². The standard InChI is InChI=1S/C19H19NO5/c1-3-24-19(22)13-25-17-11-15(20-12-18(17)23-2)9-10-16(21)14-7-5-4-6-8-14/h4-12H,3,13H2,1-2H3. The number of esters is 1. The number of rotatable bonds is 8. The second kappa shape index (κ2) is 9.22. The van der Waals surface area contributed by atoms with Gasteiger partial charge >= 0.3 is 5.97 Å². The van der Waals surface area contributed by atoms with Gasteiger partial charge in [0.15, 0.2) is 23.9 Å². The van der Waals surface area contributed by atoms with E-state index in [1.807, 2.05) is 6.07 Å². The molecule has 0 amide bonds. The normalized spacial score (nSPS) is 10.5. The molecule has 1 aromatic carbocycles. The fraction of sp³-hybridized carbons (Fsp3) is 0.211. The van der Waals surface area contributed by atoms with Crippen LogP contribution in [-0.4, -0.2) is 37.1 Å². The number of benzene rings is 1. The van der Waals surface area contributed by atoms with Crippen LogP contribution >= 0.6 is 0 Å². The minimum atomic E-state index is -0.474. The van der Waals surface area contributed by atoms with E-state index in [9.17, 15) is 9.59 Å². The smallest absolute Gasteiger partial charge is 0.344 e. The van der Waals surface area contributed by atoms with Crippen molar-refractivity contribution < 1.29 is 23.8 Å². The first-order valence-corrected chi connectivity index (χ1v) is 7.74. The van der Waals surface area contributed by atoms with E-state index in [-0.39, 0.29) is 19.0 Å². The lowest BCUT2D eigenvalue weighted by molar-refractivity contribution is -0.145. The van der Waals surface area contributed by atoms with E-state index in [0.717, 1.165) is 0 Å². The van der Waals surface area contributed by atoms with Crippen molar-refractivity contribution in [3.63, 3.8) is 0 Å². The monoisotopic (exact) mass is 341 g/mol. The van der Waals surface area contributed by atoms with Crippen LogP contribution in [-0.2, 0) is 9.53 Å². The van der Waals surface area contributed by atoms with E-state index in [0.29, 0.717) is 22.8 Å². The van der Waals surface area contributed by atoms with E-state index < -0.39 is 5.97 Å². The number of nitrogens with zero attached hydrogens (tertiary/aromatic N) is 1. The summed E-state index contributed by atoms with van der Waals surface area (Å²) in [5.41, 5.74) is 1.09. The summed E-state index contributed by atoms with van der Waals surface area (Å²) >= 11 is 0. The highest BCUT2D eigenvalue weighted by Gasteiger charge is 2.10. The summed E-state index contributed by atoms with van der Waals surface area (Å²) in [6.07, 6.45) is 4.47. The Bertz CT molecular complexity index is 756. The molecule has 6 heteroatoms. The maximum absolute atomic E-state index is 12.1. The average Bonchev–Trinajstić information content (AvgIpc) is 2.65. The largest absolute Gasteiger partial charge is 0.491 e. The lowest BCUT2D eigenvalue weighted by Gasteiger charge is -2.10. The van der Waals surface area contributed by atoms with Crippen molar-refractivity contribution in [3.05, 3.63) is 59.9 Å². The Hall–Kier alpha value is -3.15. The summed E-state index contributed by atoms with van der Waals surface area (Å²) in [6, 6.07) is 10.5. The van der Waals surface area contributed by atoms with Crippen molar-refractivity contribution in [2.75, 3.05) is 20.3 Å². The number of carbonyl (C=O) groups is 2. The van der Waals surface area contributed by atoms with Crippen molar-refractivity contribution in [2.45, 2.75) is 6.92 Å². The molecule has 0 saturated heterocycles. The number of ketones is 1. The minimum absolute atomic E-state index is 0.132. The SMILES string of the molecule is CCOC(=O)COc1cc(C=CC(=O)c2ccccc2)ncc1OC. The van der Waals surface area contributed by atoms with E-state index >= 15 is 0 Å². The fourth-order valence-corrected chi connectivity index (χ4v) is 2.00. The first-order valence-electron chi connectivity index (χ1n) is 7.74. The van der Waals surface area contributed by atoms with E-state index in [4.69, 9.17) is 14.2 Å². The highest BCUT2D eigenvalue weighted by atomic mass is 16.6. The molecule has 0 atom stereocenters. The lowest BCUT2D eigenvalue weighted by Crippen LogP contribution is -2.15. The summed E-state index contributed by atoms with van der Waals surface area (Å²) in [6.45, 7) is 1.77. The van der Waals surface area contributed by atoms with Gasteiger partial charge in [-0.15, -0.1) is 0 Å². The number of ether oxygens (including phenoxy) is 3. The fourth-order valence-electron chi connectivity index (χ4n) is 2.00. The molecule has 0 aliphatic rings. The van der Waals surface area contributed by atoms with Gasteiger partial charge in [0.25, 0.3) is 0 Å². The molecule has 0 radical (unpaired) electrons. The van der Waals surface area contributed by atoms with E-state index in [1.54, 1.807) is 43.3 Å². The number of aromatic nitrogens is 1. The molecular formula is C19H19NO5. The summed E-state index contributed by atoms with van der Waals surface area (Å²) in [5, 5.41) is 0. The molecule has 130 valence electrons. The van der Waals surface area contributed by atoms with Crippen molar-refractivity contribution in [1.29, 1.82) is 0 Å². The number of hydrogen-bond acceptors (Lipinski definition) is 6. The zero-order chi connectivity index (χ0) is 18.1. The van der Waals surface area contributed by atoms with Gasteiger partial charge in [0.05, 0.1) is 25.6 Å². The third-order valence-electron chi connectivity index (χ3n) is 3.19. The van der Waals surface area contributed by atoms with Crippen molar-refractivity contribution >= 4 is 17.8 Å². The number of pyridine rings is 1. The van der Waals surface area contributed by atoms with Crippen LogP contribution in [0.1, 0.15) is 23.0 Å². The predicted molar refractivity (Wildman–Crippen MR) is 92.7 cm³/mol. The predicted octanol–water partition coefficient (Wildman–Crippen LogP) is 2.93. The molecule has 2 rings (SSSR count). The second-order valence-corrected chi connectivity index (χ2v) is 4.92. The number of hydrogen-bond donors (Lipinski definition) is 0. The zero-order valence-corrected chi connectivity index (χ0v) is 14.1. The van der Waals surface area contributed by atoms with Crippen molar-refractivity contribution in [2.24, 2.45) is 0 Å². The zero-order valence-electron chi connectivity index (χ0n) is 14.1. The molecule has 1 heterocycles. The van der Waals surface area contributed by atoms with Gasteiger partial charge in [0.1, 0.15) is 0 Å². The molecule has 25 heavy (non-hydrogen) atoms. The first-order chi connectivity index (χ1) is 12.1. The van der Waals surface area contributed by atoms with Gasteiger partial charge < -0.3 is 14.2 Å². The summed E-state index contributed by atoms with van der Waals surface area (Å²) in [7, 11) is 1.47. The van der Waals surface area contributed by atoms with Crippen LogP contribution in [0.25, 0.3) is 6.08 Å². The van der Waals surface area contributed by atoms with Crippen LogP contribution < -0.4 is 9.47 Å². The average molecular weight is 341 g/mol. The van der Waals surface area contributed by atoms with Gasteiger partial charge in [0, 0.05) is 11.6 Å². The third kappa shape index (κ3) is 5.46. The Balaban J connectivity index is 2.11. The molecule has 6 nitrogen and oxygen atoms in total. The molecule has 1 aromatic heterocycles. The molecule has 0 saturated carbocycles. The van der Waals surface area contributed by atoms with E-state index in [1.165, 1.54) is 19.4 Å². The molecule has 2 aromatic rings. The number of methoxy groups -OCH3 is 1. The van der Waals surface area contributed by atoms with Gasteiger partial charge in [0.2, 0.25) is 0 Å². The maximum atomic E-state index is 12.1. The van der Waals surface area contributed by atoms with Crippen LogP contribution in [0.2, 0.25) is 0 Å². The van der Waals surface area contributed by atoms with Crippen LogP contribution in [0.15, 0.2) is 48.7 Å². The molecule has 0 N–H and O–H groups in total. The summed E-state index contributed by atoms with van der Waals surface area (Å²) in [4.78, 5) is 27.7. The molecule has 0 aliphatic heterocycles. The molecule has 0 spiro atoms. The number of allylic oxidation sites excluding steroid dienone is 1. The summed E-state index contributed by atoms with van der Waals surface area (Å²) in [5.74, 6) is 0.123. The molecule has 0 fully saturated rings. The lowest BCUT2D eigenvalue weighted by atomic mass is 10.1. The Morgan fingerprint density at radius 1 is 1.16 bits per heavy atom. The van der Waals surface area contributed by atoms with Crippen LogP contribution in [0, 0.1) is 0 Å². The Morgan fingerprint density at radius 2 is 1.92 bits per heavy atom. The highest BCUT2D eigenvalue weighted by molar-refractivity contribution is 6.06. The third-order valence-corrected chi connectivity index (χ3v) is 3.19. The Morgan fingerprint density at radius 3 is 2.60 bits per heavy atom. The topological polar surface area (TPSA) is 74.7 Å². The van der Waals surface area contributed by atoms with Crippen LogP contribution in [0.3, 0.4) is 0 Å². The molecular weight excluding hydrogens is 322 g/mol. The molecule has 0 unspecified atom stereocenters. The van der Waals surface area contributed by atoms with Crippen molar-refractivity contribution in [3.8, 4) is 11.5 Å². The molecule has 0 aliphatic carbocycles. The minimum Gasteiger partial charge on any atom is -0.491 e. The van der Waals surface area contributed by atoms with Crippen molar-refractivity contribution in [1.82, 2.24) is 4.98 Å². The van der Waals surface area contributed by atoms with Crippen LogP contribution in [0.4, 0.5) is 0 Å². The quantitative estimate of drug-likeness (QED) is 0.417. The second-order valence-electron chi connectivity index (χ2n) is 4.92. The first kappa shape index (κ1) is 18.2. The highest BCUT2D eigenvalue weighted by Crippen LogP contribution is 2.27. The van der Waals surface area contributed by atoms with Gasteiger partial charge in [-0.2, -0.15) is 0 Å². The van der Waals surface area contributed by atoms with Crippen LogP contribution in [0.5, 0.6) is 11.5 Å². The maximum Gasteiger partial charge on any atom is 0.344 e. The van der Waals surface area contributed by atoms with Gasteiger partial charge in [-0.3, -0.25) is 9.78 Å². The Kier molecular flexibility index (Phi) is 6.71. The number of carbonyl (C=O) groups excluding carboxylic acids is 2. The van der Waals surface area contributed by atoms with E-state index in [2.05, 4.69) is 4.98 Å². The van der Waals surface area contributed by atoms with Gasteiger partial charge in [-0.05, 0) is 19.1 Å². The van der Waals surface area contributed by atoms with Gasteiger partial charge in [-0.1, -0.05) is 30.3 Å². The molecule has 0 bridgehead atoms. The van der Waals surface area contributed by atoms with Gasteiger partial charge in [-0.25, -0.2) is 4.79 Å².